The summed E-state index contributed by atoms with van der Waals surface area (Å²) in [5, 5.41) is 4.48. The van der Waals surface area contributed by atoms with E-state index in [0.29, 0.717) is 5.75 Å². The average molecular weight is 380 g/mol. The number of alkyl halides is 3. The van der Waals surface area contributed by atoms with Crippen LogP contribution in [0.5, 0.6) is 5.75 Å². The van der Waals surface area contributed by atoms with Crippen molar-refractivity contribution >= 4 is 23.2 Å². The molecule has 8 heteroatoms. The molecular formula is C19H19F3N2O3. The topological polar surface area (TPSA) is 67.4 Å². The highest BCUT2D eigenvalue weighted by atomic mass is 19.4. The summed E-state index contributed by atoms with van der Waals surface area (Å²) in [6, 6.07) is 8.37. The molecule has 0 saturated carbocycles. The van der Waals surface area contributed by atoms with Gasteiger partial charge in [0.25, 0.3) is 5.91 Å². The monoisotopic (exact) mass is 380 g/mol. The minimum absolute atomic E-state index is 0.0146. The van der Waals surface area contributed by atoms with Gasteiger partial charge in [0.05, 0.1) is 11.3 Å². The molecule has 2 N–H and O–H groups in total. The first-order valence-corrected chi connectivity index (χ1v) is 8.05. The summed E-state index contributed by atoms with van der Waals surface area (Å²) in [6.07, 6.45) is -4.70. The van der Waals surface area contributed by atoms with Crippen LogP contribution in [0.25, 0.3) is 0 Å². The van der Waals surface area contributed by atoms with E-state index in [1.807, 2.05) is 19.9 Å². The van der Waals surface area contributed by atoms with Gasteiger partial charge in [0.2, 0.25) is 5.91 Å². The lowest BCUT2D eigenvalue weighted by atomic mass is 10.1. The molecule has 0 saturated heterocycles. The van der Waals surface area contributed by atoms with Crippen LogP contribution in [-0.2, 0) is 15.8 Å². The van der Waals surface area contributed by atoms with E-state index in [1.165, 1.54) is 13.0 Å². The Labute approximate surface area is 154 Å². The quantitative estimate of drug-likeness (QED) is 0.813. The molecule has 0 unspecified atom stereocenters. The van der Waals surface area contributed by atoms with E-state index in [9.17, 15) is 22.8 Å². The molecule has 0 bridgehead atoms. The Hall–Kier alpha value is -3.03. The smallest absolute Gasteiger partial charge is 0.418 e. The Morgan fingerprint density at radius 1 is 1.00 bits per heavy atom. The van der Waals surface area contributed by atoms with Gasteiger partial charge >= 0.3 is 6.18 Å². The molecule has 27 heavy (non-hydrogen) atoms. The molecule has 2 amide bonds. The summed E-state index contributed by atoms with van der Waals surface area (Å²) < 4.78 is 45.1. The van der Waals surface area contributed by atoms with Gasteiger partial charge in [0.1, 0.15) is 5.75 Å². The predicted molar refractivity (Wildman–Crippen MR) is 95.8 cm³/mol. The molecule has 0 heterocycles. The third-order valence-electron chi connectivity index (χ3n) is 3.77. The maximum Gasteiger partial charge on any atom is 0.418 e. The molecule has 0 aliphatic carbocycles. The van der Waals surface area contributed by atoms with Crippen LogP contribution in [0.2, 0.25) is 0 Å². The van der Waals surface area contributed by atoms with Crippen molar-refractivity contribution in [1.29, 1.82) is 0 Å². The molecule has 2 rings (SSSR count). The van der Waals surface area contributed by atoms with E-state index in [-0.39, 0.29) is 5.69 Å². The van der Waals surface area contributed by atoms with Gasteiger partial charge in [-0.05, 0) is 55.3 Å². The maximum absolute atomic E-state index is 13.3. The van der Waals surface area contributed by atoms with Crippen LogP contribution in [0.4, 0.5) is 24.5 Å². The second kappa shape index (κ2) is 8.11. The van der Waals surface area contributed by atoms with Crippen LogP contribution >= 0.6 is 0 Å². The van der Waals surface area contributed by atoms with Crippen molar-refractivity contribution in [2.24, 2.45) is 0 Å². The number of hydrogen-bond donors (Lipinski definition) is 2. The van der Waals surface area contributed by atoms with Gasteiger partial charge in [0.15, 0.2) is 6.61 Å². The van der Waals surface area contributed by atoms with Gasteiger partial charge in [-0.2, -0.15) is 13.2 Å². The van der Waals surface area contributed by atoms with Crippen LogP contribution in [0.1, 0.15) is 23.6 Å². The maximum atomic E-state index is 13.3. The number of halogens is 3. The van der Waals surface area contributed by atoms with E-state index in [4.69, 9.17) is 4.74 Å². The fraction of sp³-hybridized carbons (Fsp3) is 0.263. The van der Waals surface area contributed by atoms with Crippen molar-refractivity contribution < 1.29 is 27.5 Å². The highest BCUT2D eigenvalue weighted by molar-refractivity contribution is 5.94. The molecule has 0 aliphatic heterocycles. The third-order valence-corrected chi connectivity index (χ3v) is 3.77. The highest BCUT2D eigenvalue weighted by Gasteiger charge is 2.34. The molecule has 2 aromatic carbocycles. The first-order chi connectivity index (χ1) is 12.6. The van der Waals surface area contributed by atoms with E-state index in [2.05, 4.69) is 10.6 Å². The number of rotatable bonds is 5. The second-order valence-electron chi connectivity index (χ2n) is 6.02. The minimum atomic E-state index is -4.70. The Balaban J connectivity index is 2.11. The fourth-order valence-electron chi connectivity index (χ4n) is 2.31. The van der Waals surface area contributed by atoms with Crippen molar-refractivity contribution in [3.8, 4) is 5.75 Å². The van der Waals surface area contributed by atoms with Crippen molar-refractivity contribution in [1.82, 2.24) is 0 Å². The molecule has 2 aromatic rings. The number of amides is 2. The average Bonchev–Trinajstić information content (AvgIpc) is 2.56. The summed E-state index contributed by atoms with van der Waals surface area (Å²) in [6.45, 7) is 4.56. The first kappa shape index (κ1) is 20.3. The van der Waals surface area contributed by atoms with Crippen LogP contribution in [0, 0.1) is 13.8 Å². The molecule has 0 spiro atoms. The zero-order valence-electron chi connectivity index (χ0n) is 15.0. The Morgan fingerprint density at radius 2 is 1.70 bits per heavy atom. The molecule has 5 nitrogen and oxygen atoms in total. The van der Waals surface area contributed by atoms with Crippen LogP contribution in [0.15, 0.2) is 36.4 Å². The SMILES string of the molecule is CC(=O)Nc1ccc(NC(=O)COc2ccc(C)c(C)c2)c(C(F)(F)F)c1. The van der Waals surface area contributed by atoms with E-state index in [0.717, 1.165) is 23.3 Å². The minimum Gasteiger partial charge on any atom is -0.484 e. The first-order valence-electron chi connectivity index (χ1n) is 8.05. The Bertz CT molecular complexity index is 864. The summed E-state index contributed by atoms with van der Waals surface area (Å²) in [4.78, 5) is 23.0. The molecule has 144 valence electrons. The molecule has 0 aromatic heterocycles. The number of nitrogens with one attached hydrogen (secondary N) is 2. The zero-order valence-corrected chi connectivity index (χ0v) is 15.0. The normalized spacial score (nSPS) is 11.0. The van der Waals surface area contributed by atoms with Crippen LogP contribution < -0.4 is 15.4 Å². The van der Waals surface area contributed by atoms with Gasteiger partial charge in [-0.1, -0.05) is 6.07 Å². The number of carbonyl (C=O) groups excluding carboxylic acids is 2. The number of hydrogen-bond acceptors (Lipinski definition) is 3. The van der Waals surface area contributed by atoms with Gasteiger partial charge in [-0.3, -0.25) is 9.59 Å². The number of benzene rings is 2. The van der Waals surface area contributed by atoms with E-state index < -0.39 is 35.8 Å². The van der Waals surface area contributed by atoms with Gasteiger partial charge < -0.3 is 15.4 Å². The van der Waals surface area contributed by atoms with Crippen LogP contribution in [0.3, 0.4) is 0 Å². The number of anilines is 2. The van der Waals surface area contributed by atoms with Gasteiger partial charge in [-0.15, -0.1) is 0 Å². The second-order valence-corrected chi connectivity index (χ2v) is 6.02. The number of carbonyl (C=O) groups is 2. The predicted octanol–water partition coefficient (Wildman–Crippen LogP) is 4.30. The molecule has 0 radical (unpaired) electrons. The summed E-state index contributed by atoms with van der Waals surface area (Å²) in [5.41, 5.74) is 0.541. The van der Waals surface area contributed by atoms with Crippen molar-refractivity contribution in [3.63, 3.8) is 0 Å². The van der Waals surface area contributed by atoms with Crippen molar-refractivity contribution in [2.75, 3.05) is 17.2 Å². The summed E-state index contributed by atoms with van der Waals surface area (Å²) >= 11 is 0. The lowest BCUT2D eigenvalue weighted by Gasteiger charge is -2.16. The number of aryl methyl sites for hydroxylation is 2. The van der Waals surface area contributed by atoms with E-state index >= 15 is 0 Å². The van der Waals surface area contributed by atoms with Gasteiger partial charge in [0, 0.05) is 12.6 Å². The lowest BCUT2D eigenvalue weighted by molar-refractivity contribution is -0.137. The van der Waals surface area contributed by atoms with Crippen LogP contribution in [-0.4, -0.2) is 18.4 Å². The molecule has 0 fully saturated rings. The lowest BCUT2D eigenvalue weighted by Crippen LogP contribution is -2.22. The van der Waals surface area contributed by atoms with E-state index in [1.54, 1.807) is 12.1 Å². The molecule has 0 atom stereocenters. The van der Waals surface area contributed by atoms with Crippen molar-refractivity contribution in [2.45, 2.75) is 26.9 Å². The zero-order chi connectivity index (χ0) is 20.2. The summed E-state index contributed by atoms with van der Waals surface area (Å²) in [7, 11) is 0. The third kappa shape index (κ3) is 5.73. The molecule has 0 aliphatic rings. The van der Waals surface area contributed by atoms with Gasteiger partial charge in [-0.25, -0.2) is 0 Å². The number of ether oxygens (including phenoxy) is 1. The standard InChI is InChI=1S/C19H19F3N2O3/c1-11-4-6-15(8-12(11)2)27-10-18(26)24-17-7-5-14(23-13(3)25)9-16(17)19(20,21)22/h4-9H,10H2,1-3H3,(H,23,25)(H,24,26). The Kier molecular flexibility index (Phi) is 6.09. The summed E-state index contributed by atoms with van der Waals surface area (Å²) in [5.74, 6) is -0.780. The fourth-order valence-corrected chi connectivity index (χ4v) is 2.31. The largest absolute Gasteiger partial charge is 0.484 e. The Morgan fingerprint density at radius 3 is 2.30 bits per heavy atom. The highest BCUT2D eigenvalue weighted by Crippen LogP contribution is 2.36. The molecular weight excluding hydrogens is 361 g/mol. The van der Waals surface area contributed by atoms with Crippen molar-refractivity contribution in [3.05, 3.63) is 53.1 Å².